The van der Waals surface area contributed by atoms with E-state index in [0.29, 0.717) is 0 Å². The fourth-order valence-electron chi connectivity index (χ4n) is 1.53. The van der Waals surface area contributed by atoms with Crippen molar-refractivity contribution in [1.29, 1.82) is 0 Å². The van der Waals surface area contributed by atoms with Crippen molar-refractivity contribution in [2.75, 3.05) is 16.5 Å². The number of thioether (sulfide) groups is 1. The zero-order valence-electron chi connectivity index (χ0n) is 11.3. The van der Waals surface area contributed by atoms with Gasteiger partial charge in [-0.25, -0.2) is 19.5 Å². The van der Waals surface area contributed by atoms with Crippen LogP contribution in [0.5, 0.6) is 0 Å². The van der Waals surface area contributed by atoms with Gasteiger partial charge in [-0.1, -0.05) is 11.8 Å². The molecule has 11 heteroatoms. The summed E-state index contributed by atoms with van der Waals surface area (Å²) in [5.74, 6) is -1.49. The number of imide groups is 1. The highest BCUT2D eigenvalue weighted by atomic mass is 32.2. The average molecular weight is 316 g/mol. The smallest absolute Gasteiger partial charge is 0.419 e. The van der Waals surface area contributed by atoms with Crippen molar-refractivity contribution in [1.82, 2.24) is 9.55 Å². The molecule has 0 spiro atoms. The Morgan fingerprint density at radius 2 is 1.90 bits per heavy atom. The van der Waals surface area contributed by atoms with E-state index in [1.54, 1.807) is 6.26 Å². The molecule has 3 N–H and O–H groups in total. The monoisotopic (exact) mass is 316 g/mol. The van der Waals surface area contributed by atoms with Gasteiger partial charge in [-0.05, 0) is 6.26 Å². The molecule has 0 saturated heterocycles. The van der Waals surface area contributed by atoms with Crippen molar-refractivity contribution >= 4 is 41.4 Å². The Bertz CT molecular complexity index is 656. The van der Waals surface area contributed by atoms with Crippen LogP contribution >= 0.6 is 11.8 Å². The lowest BCUT2D eigenvalue weighted by atomic mass is 10.4. The van der Waals surface area contributed by atoms with Gasteiger partial charge < -0.3 is 10.2 Å². The van der Waals surface area contributed by atoms with Gasteiger partial charge in [0.05, 0.1) is 0 Å². The fourth-order valence-corrected chi connectivity index (χ4v) is 2.07. The molecule has 0 bridgehead atoms. The molecule has 21 heavy (non-hydrogen) atoms. The maximum atomic E-state index is 12.2. The molecule has 1 heterocycles. The van der Waals surface area contributed by atoms with E-state index in [-0.39, 0.29) is 10.1 Å². The predicted octanol–water partition coefficient (Wildman–Crippen LogP) is 0.623. The molecule has 1 rings (SSSR count). The molecule has 0 radical (unpaired) electrons. The number of aromatic nitrogens is 2. The summed E-state index contributed by atoms with van der Waals surface area (Å²) in [5, 5.41) is 19.8. The first-order chi connectivity index (χ1) is 9.70. The van der Waals surface area contributed by atoms with Crippen molar-refractivity contribution < 1.29 is 24.6 Å². The number of carboxylic acid groups (broad SMARTS) is 2. The van der Waals surface area contributed by atoms with Gasteiger partial charge in [0.2, 0.25) is 5.91 Å². The standard InChI is InChI=1S/C10H12N4O6S/c1-4(15)14(10(19)20)5-6(12-9(17)18)11-8(21-3)13(2)7(5)16/h12H,1-3H3,(H,17,18)(H,19,20). The van der Waals surface area contributed by atoms with Crippen LogP contribution in [-0.4, -0.2) is 44.1 Å². The number of amides is 3. The van der Waals surface area contributed by atoms with E-state index in [9.17, 15) is 19.2 Å². The van der Waals surface area contributed by atoms with E-state index in [0.717, 1.165) is 23.3 Å². The Labute approximate surface area is 122 Å². The van der Waals surface area contributed by atoms with Crippen LogP contribution < -0.4 is 15.8 Å². The average Bonchev–Trinajstić information content (AvgIpc) is 2.36. The number of anilines is 2. The summed E-state index contributed by atoms with van der Waals surface area (Å²) >= 11 is 1.06. The third-order valence-corrected chi connectivity index (χ3v) is 3.09. The quantitative estimate of drug-likeness (QED) is 0.544. The van der Waals surface area contributed by atoms with Crippen LogP contribution in [0.25, 0.3) is 0 Å². The fraction of sp³-hybridized carbons (Fsp3) is 0.300. The Balaban J connectivity index is 3.72. The molecule has 0 saturated carbocycles. The number of rotatable bonds is 3. The van der Waals surface area contributed by atoms with E-state index in [1.165, 1.54) is 7.05 Å². The van der Waals surface area contributed by atoms with Crippen LogP contribution in [0.2, 0.25) is 0 Å². The van der Waals surface area contributed by atoms with Crippen LogP contribution in [0.1, 0.15) is 6.92 Å². The molecule has 0 aliphatic carbocycles. The summed E-state index contributed by atoms with van der Waals surface area (Å²) < 4.78 is 1.02. The molecule has 1 aromatic heterocycles. The van der Waals surface area contributed by atoms with E-state index in [1.807, 2.05) is 5.32 Å². The predicted molar refractivity (Wildman–Crippen MR) is 74.1 cm³/mol. The zero-order chi connectivity index (χ0) is 16.3. The highest BCUT2D eigenvalue weighted by Crippen LogP contribution is 2.23. The van der Waals surface area contributed by atoms with Crippen LogP contribution in [0, 0.1) is 0 Å². The third-order valence-electron chi connectivity index (χ3n) is 2.36. The second-order valence-corrected chi connectivity index (χ2v) is 4.50. The SMILES string of the molecule is CSc1nc(NC(=O)O)c(N(C(C)=O)C(=O)O)c(=O)n1C. The molecular formula is C10H12N4O6S. The van der Waals surface area contributed by atoms with E-state index in [4.69, 9.17) is 10.2 Å². The summed E-state index contributed by atoms with van der Waals surface area (Å²) in [6, 6.07) is 0. The van der Waals surface area contributed by atoms with Gasteiger partial charge in [0.25, 0.3) is 5.56 Å². The van der Waals surface area contributed by atoms with Gasteiger partial charge in [-0.3, -0.25) is 19.5 Å². The molecular weight excluding hydrogens is 304 g/mol. The van der Waals surface area contributed by atoms with Crippen LogP contribution in [0.3, 0.4) is 0 Å². The molecule has 114 valence electrons. The number of hydrogen-bond acceptors (Lipinski definition) is 6. The van der Waals surface area contributed by atoms with Gasteiger partial charge in [0.15, 0.2) is 16.7 Å². The molecule has 0 unspecified atom stereocenters. The van der Waals surface area contributed by atoms with E-state index >= 15 is 0 Å². The van der Waals surface area contributed by atoms with Crippen molar-refractivity contribution in [2.24, 2.45) is 7.05 Å². The molecule has 0 atom stereocenters. The molecule has 0 aliphatic rings. The maximum Gasteiger partial charge on any atom is 0.419 e. The summed E-state index contributed by atoms with van der Waals surface area (Å²) in [6.07, 6.45) is -1.66. The van der Waals surface area contributed by atoms with E-state index in [2.05, 4.69) is 4.98 Å². The van der Waals surface area contributed by atoms with Gasteiger partial charge in [0, 0.05) is 14.0 Å². The maximum absolute atomic E-state index is 12.2. The number of nitrogens with zero attached hydrogens (tertiary/aromatic N) is 3. The number of carbonyl (C=O) groups excluding carboxylic acids is 1. The second-order valence-electron chi connectivity index (χ2n) is 3.73. The Morgan fingerprint density at radius 3 is 2.29 bits per heavy atom. The summed E-state index contributed by atoms with van der Waals surface area (Å²) in [5.41, 5.74) is -1.53. The molecule has 3 amide bonds. The topological polar surface area (TPSA) is 142 Å². The van der Waals surface area contributed by atoms with Crippen LogP contribution in [0.15, 0.2) is 9.95 Å². The molecule has 0 fully saturated rings. The largest absolute Gasteiger partial charge is 0.465 e. The van der Waals surface area contributed by atoms with Gasteiger partial charge >= 0.3 is 12.2 Å². The van der Waals surface area contributed by atoms with E-state index < -0.39 is 35.2 Å². The lowest BCUT2D eigenvalue weighted by Gasteiger charge is -2.19. The molecule has 0 aliphatic heterocycles. The first kappa shape index (κ1) is 16.5. The minimum atomic E-state index is -1.72. The number of hydrogen-bond donors (Lipinski definition) is 3. The van der Waals surface area contributed by atoms with Crippen molar-refractivity contribution in [3.8, 4) is 0 Å². The van der Waals surface area contributed by atoms with Crippen molar-refractivity contribution in [2.45, 2.75) is 12.1 Å². The lowest BCUT2D eigenvalue weighted by Crippen LogP contribution is -2.40. The van der Waals surface area contributed by atoms with Gasteiger partial charge in [0.1, 0.15) is 0 Å². The summed E-state index contributed by atoms with van der Waals surface area (Å²) in [7, 11) is 1.33. The van der Waals surface area contributed by atoms with Gasteiger partial charge in [-0.2, -0.15) is 0 Å². The van der Waals surface area contributed by atoms with Crippen LogP contribution in [-0.2, 0) is 11.8 Å². The first-order valence-corrected chi connectivity index (χ1v) is 6.61. The highest BCUT2D eigenvalue weighted by Gasteiger charge is 2.29. The third kappa shape index (κ3) is 3.31. The molecule has 0 aromatic carbocycles. The van der Waals surface area contributed by atoms with Crippen LogP contribution in [0.4, 0.5) is 21.1 Å². The first-order valence-electron chi connectivity index (χ1n) is 5.39. The zero-order valence-corrected chi connectivity index (χ0v) is 12.1. The normalized spacial score (nSPS) is 10.0. The number of nitrogens with one attached hydrogen (secondary N) is 1. The molecule has 10 nitrogen and oxygen atoms in total. The highest BCUT2D eigenvalue weighted by molar-refractivity contribution is 7.98. The second kappa shape index (κ2) is 6.26. The Morgan fingerprint density at radius 1 is 1.33 bits per heavy atom. The Hall–Kier alpha value is -2.56. The van der Waals surface area contributed by atoms with Crippen molar-refractivity contribution in [3.05, 3.63) is 10.4 Å². The number of carbonyl (C=O) groups is 3. The minimum Gasteiger partial charge on any atom is -0.465 e. The Kier molecular flexibility index (Phi) is 4.92. The summed E-state index contributed by atoms with van der Waals surface area (Å²) in [6.45, 7) is 0.931. The van der Waals surface area contributed by atoms with Crippen molar-refractivity contribution in [3.63, 3.8) is 0 Å². The summed E-state index contributed by atoms with van der Waals surface area (Å²) in [4.78, 5) is 49.6. The van der Waals surface area contributed by atoms with Gasteiger partial charge in [-0.15, -0.1) is 0 Å². The lowest BCUT2D eigenvalue weighted by molar-refractivity contribution is -0.116. The molecule has 1 aromatic rings. The minimum absolute atomic E-state index is 0.144.